The predicted octanol–water partition coefficient (Wildman–Crippen LogP) is 2.15. The summed E-state index contributed by atoms with van der Waals surface area (Å²) in [5, 5.41) is 0. The number of fused-ring (bicyclic) bond motifs is 1. The molecule has 1 aliphatic rings. The van der Waals surface area contributed by atoms with Crippen molar-refractivity contribution in [1.82, 2.24) is 0 Å². The summed E-state index contributed by atoms with van der Waals surface area (Å²) >= 11 is 0. The van der Waals surface area contributed by atoms with E-state index < -0.39 is 0 Å². The van der Waals surface area contributed by atoms with Crippen LogP contribution in [0.3, 0.4) is 0 Å². The van der Waals surface area contributed by atoms with Crippen LogP contribution in [-0.4, -0.2) is 5.97 Å². The third-order valence-corrected chi connectivity index (χ3v) is 2.17. The molecule has 0 spiro atoms. The summed E-state index contributed by atoms with van der Waals surface area (Å²) in [7, 11) is 0. The number of esters is 1. The van der Waals surface area contributed by atoms with Gasteiger partial charge in [0.2, 0.25) is 0 Å². The van der Waals surface area contributed by atoms with Crippen molar-refractivity contribution in [2.75, 3.05) is 0 Å². The molecule has 0 aliphatic carbocycles. The SMILES string of the molecule is C/C=C1\C(=O)OCc2ccccc21. The van der Waals surface area contributed by atoms with Gasteiger partial charge in [0.15, 0.2) is 0 Å². The van der Waals surface area contributed by atoms with Gasteiger partial charge in [0.05, 0.1) is 5.57 Å². The molecule has 1 aromatic rings. The van der Waals surface area contributed by atoms with Crippen molar-refractivity contribution < 1.29 is 9.53 Å². The number of hydrogen-bond donors (Lipinski definition) is 0. The zero-order chi connectivity index (χ0) is 9.26. The van der Waals surface area contributed by atoms with Gasteiger partial charge in [0, 0.05) is 0 Å². The van der Waals surface area contributed by atoms with Crippen LogP contribution in [0.4, 0.5) is 0 Å². The summed E-state index contributed by atoms with van der Waals surface area (Å²) < 4.78 is 5.00. The van der Waals surface area contributed by atoms with E-state index in [1.54, 1.807) is 6.08 Å². The molecule has 0 unspecified atom stereocenters. The predicted molar refractivity (Wildman–Crippen MR) is 49.9 cm³/mol. The van der Waals surface area contributed by atoms with Crippen LogP contribution in [0.5, 0.6) is 0 Å². The Bertz CT molecular complexity index is 377. The van der Waals surface area contributed by atoms with E-state index in [0.29, 0.717) is 12.2 Å². The first kappa shape index (κ1) is 8.05. The Kier molecular flexibility index (Phi) is 1.89. The molecular weight excluding hydrogens is 164 g/mol. The molecule has 0 N–H and O–H groups in total. The van der Waals surface area contributed by atoms with E-state index in [-0.39, 0.29) is 5.97 Å². The topological polar surface area (TPSA) is 26.3 Å². The molecule has 1 aliphatic heterocycles. The summed E-state index contributed by atoms with van der Waals surface area (Å²) in [6.45, 7) is 2.24. The minimum absolute atomic E-state index is 0.221. The summed E-state index contributed by atoms with van der Waals surface area (Å²) in [4.78, 5) is 11.3. The minimum Gasteiger partial charge on any atom is -0.457 e. The number of ether oxygens (including phenoxy) is 1. The molecule has 0 amide bonds. The van der Waals surface area contributed by atoms with Crippen molar-refractivity contribution in [1.29, 1.82) is 0 Å². The number of benzene rings is 1. The zero-order valence-electron chi connectivity index (χ0n) is 7.41. The second-order valence-corrected chi connectivity index (χ2v) is 2.94. The summed E-state index contributed by atoms with van der Waals surface area (Å²) in [5.74, 6) is -0.221. The van der Waals surface area contributed by atoms with E-state index in [0.717, 1.165) is 11.1 Å². The monoisotopic (exact) mass is 174 g/mol. The van der Waals surface area contributed by atoms with Crippen LogP contribution in [0.15, 0.2) is 30.3 Å². The van der Waals surface area contributed by atoms with Crippen molar-refractivity contribution in [2.45, 2.75) is 13.5 Å². The Hall–Kier alpha value is -1.57. The van der Waals surface area contributed by atoms with Crippen molar-refractivity contribution in [2.24, 2.45) is 0 Å². The maximum absolute atomic E-state index is 11.3. The van der Waals surface area contributed by atoms with Crippen molar-refractivity contribution in [3.8, 4) is 0 Å². The van der Waals surface area contributed by atoms with Crippen LogP contribution in [0.2, 0.25) is 0 Å². The lowest BCUT2D eigenvalue weighted by Gasteiger charge is -2.17. The van der Waals surface area contributed by atoms with Crippen LogP contribution in [-0.2, 0) is 16.1 Å². The van der Waals surface area contributed by atoms with E-state index >= 15 is 0 Å². The molecule has 0 fully saturated rings. The number of cyclic esters (lactones) is 1. The van der Waals surface area contributed by atoms with Crippen LogP contribution in [0, 0.1) is 0 Å². The van der Waals surface area contributed by atoms with E-state index in [4.69, 9.17) is 4.74 Å². The zero-order valence-corrected chi connectivity index (χ0v) is 7.41. The molecule has 2 heteroatoms. The molecule has 0 saturated heterocycles. The second-order valence-electron chi connectivity index (χ2n) is 2.94. The maximum atomic E-state index is 11.3. The smallest absolute Gasteiger partial charge is 0.338 e. The van der Waals surface area contributed by atoms with Crippen LogP contribution >= 0.6 is 0 Å². The summed E-state index contributed by atoms with van der Waals surface area (Å²) in [6, 6.07) is 7.81. The molecule has 0 saturated carbocycles. The van der Waals surface area contributed by atoms with E-state index in [1.165, 1.54) is 0 Å². The van der Waals surface area contributed by atoms with Crippen LogP contribution < -0.4 is 0 Å². The van der Waals surface area contributed by atoms with Gasteiger partial charge in [-0.15, -0.1) is 0 Å². The average Bonchev–Trinajstić information content (AvgIpc) is 2.18. The van der Waals surface area contributed by atoms with E-state index in [2.05, 4.69) is 0 Å². The average molecular weight is 174 g/mol. The Morgan fingerprint density at radius 3 is 2.92 bits per heavy atom. The van der Waals surface area contributed by atoms with Gasteiger partial charge in [0.25, 0.3) is 0 Å². The molecule has 0 bridgehead atoms. The first-order valence-corrected chi connectivity index (χ1v) is 4.24. The summed E-state index contributed by atoms with van der Waals surface area (Å²) in [6.07, 6.45) is 1.79. The highest BCUT2D eigenvalue weighted by molar-refractivity contribution is 6.17. The maximum Gasteiger partial charge on any atom is 0.338 e. The fraction of sp³-hybridized carbons (Fsp3) is 0.182. The van der Waals surface area contributed by atoms with Gasteiger partial charge in [-0.2, -0.15) is 0 Å². The largest absolute Gasteiger partial charge is 0.457 e. The second kappa shape index (κ2) is 3.05. The number of carbonyl (C=O) groups is 1. The van der Waals surface area contributed by atoms with Crippen LogP contribution in [0.1, 0.15) is 18.1 Å². The normalized spacial score (nSPS) is 18.2. The highest BCUT2D eigenvalue weighted by atomic mass is 16.5. The first-order chi connectivity index (χ1) is 6.33. The molecular formula is C11H10O2. The van der Waals surface area contributed by atoms with E-state index in [1.807, 2.05) is 31.2 Å². The number of hydrogen-bond acceptors (Lipinski definition) is 2. The van der Waals surface area contributed by atoms with Gasteiger partial charge in [-0.05, 0) is 18.1 Å². The fourth-order valence-corrected chi connectivity index (χ4v) is 1.51. The van der Waals surface area contributed by atoms with Crippen molar-refractivity contribution in [3.05, 3.63) is 41.5 Å². The lowest BCUT2D eigenvalue weighted by molar-refractivity contribution is -0.138. The van der Waals surface area contributed by atoms with Gasteiger partial charge in [-0.25, -0.2) is 4.79 Å². The molecule has 0 radical (unpaired) electrons. The Morgan fingerprint density at radius 2 is 2.15 bits per heavy atom. The molecule has 1 heterocycles. The third kappa shape index (κ3) is 1.24. The fourth-order valence-electron chi connectivity index (χ4n) is 1.51. The van der Waals surface area contributed by atoms with Crippen molar-refractivity contribution >= 4 is 11.5 Å². The van der Waals surface area contributed by atoms with Gasteiger partial charge in [0.1, 0.15) is 6.61 Å². The molecule has 0 aromatic heterocycles. The van der Waals surface area contributed by atoms with E-state index in [9.17, 15) is 4.79 Å². The van der Waals surface area contributed by atoms with Crippen LogP contribution in [0.25, 0.3) is 5.57 Å². The molecule has 66 valence electrons. The molecule has 2 nitrogen and oxygen atoms in total. The lowest BCUT2D eigenvalue weighted by atomic mass is 9.98. The standard InChI is InChI=1S/C11H10O2/c1-2-9-10-6-4-3-5-8(10)7-13-11(9)12/h2-6H,7H2,1H3/b9-2-. The highest BCUT2D eigenvalue weighted by Crippen LogP contribution is 2.25. The van der Waals surface area contributed by atoms with Gasteiger partial charge >= 0.3 is 5.97 Å². The van der Waals surface area contributed by atoms with Gasteiger partial charge in [-0.1, -0.05) is 30.3 Å². The lowest BCUT2D eigenvalue weighted by Crippen LogP contribution is -2.14. The first-order valence-electron chi connectivity index (χ1n) is 4.24. The minimum atomic E-state index is -0.221. The van der Waals surface area contributed by atoms with Gasteiger partial charge < -0.3 is 4.74 Å². The Balaban J connectivity index is 2.58. The molecule has 1 aromatic carbocycles. The third-order valence-electron chi connectivity index (χ3n) is 2.17. The molecule has 13 heavy (non-hydrogen) atoms. The highest BCUT2D eigenvalue weighted by Gasteiger charge is 2.20. The van der Waals surface area contributed by atoms with Crippen molar-refractivity contribution in [3.63, 3.8) is 0 Å². The molecule has 2 rings (SSSR count). The van der Waals surface area contributed by atoms with Gasteiger partial charge in [-0.3, -0.25) is 0 Å². The number of rotatable bonds is 0. The quantitative estimate of drug-likeness (QED) is 0.445. The number of carbonyl (C=O) groups excluding carboxylic acids is 1. The Labute approximate surface area is 76.8 Å². The summed E-state index contributed by atoms with van der Waals surface area (Å²) in [5.41, 5.74) is 2.75. The molecule has 0 atom stereocenters. The number of allylic oxidation sites excluding steroid dienone is 1. The Morgan fingerprint density at radius 1 is 1.38 bits per heavy atom.